The highest BCUT2D eigenvalue weighted by Gasteiger charge is 2.22. The van der Waals surface area contributed by atoms with Crippen molar-refractivity contribution in [3.05, 3.63) is 53.1 Å². The monoisotopic (exact) mass is 264 g/mol. The third-order valence-corrected chi connectivity index (χ3v) is 4.49. The van der Waals surface area contributed by atoms with Crippen LogP contribution in [0.25, 0.3) is 16.3 Å². The molecule has 0 heterocycles. The fourth-order valence-corrected chi connectivity index (χ4v) is 3.52. The van der Waals surface area contributed by atoms with Crippen LogP contribution in [0.3, 0.4) is 0 Å². The van der Waals surface area contributed by atoms with Gasteiger partial charge in [-0.3, -0.25) is 0 Å². The molecule has 0 saturated heterocycles. The number of phenols is 2. The zero-order valence-corrected chi connectivity index (χ0v) is 11.2. The lowest BCUT2D eigenvalue weighted by Gasteiger charge is -2.25. The molecule has 0 bridgehead atoms. The lowest BCUT2D eigenvalue weighted by molar-refractivity contribution is 0.469. The van der Waals surface area contributed by atoms with E-state index in [2.05, 4.69) is 18.2 Å². The minimum atomic E-state index is 0.236. The number of benzene rings is 2. The van der Waals surface area contributed by atoms with Crippen LogP contribution in [0.4, 0.5) is 0 Å². The van der Waals surface area contributed by atoms with Crippen LogP contribution < -0.4 is 0 Å². The number of phenolic OH excluding ortho intramolecular Hbond substituents is 2. The lowest BCUT2D eigenvalue weighted by Crippen LogP contribution is -2.07. The van der Waals surface area contributed by atoms with E-state index in [0.29, 0.717) is 0 Å². The summed E-state index contributed by atoms with van der Waals surface area (Å²) < 4.78 is 0. The van der Waals surface area contributed by atoms with Crippen molar-refractivity contribution < 1.29 is 10.2 Å². The van der Waals surface area contributed by atoms with Gasteiger partial charge in [-0.25, -0.2) is 0 Å². The highest BCUT2D eigenvalue weighted by Crippen LogP contribution is 2.43. The molecule has 20 heavy (non-hydrogen) atoms. The van der Waals surface area contributed by atoms with E-state index in [1.165, 1.54) is 22.3 Å². The number of fused-ring (bicyclic) bond motifs is 4. The normalized spacial score (nSPS) is 17.2. The third kappa shape index (κ3) is 1.51. The number of allylic oxidation sites excluding steroid dienone is 4. The van der Waals surface area contributed by atoms with Crippen LogP contribution in [0.15, 0.2) is 42.0 Å². The van der Waals surface area contributed by atoms with Gasteiger partial charge in [0.15, 0.2) is 0 Å². The Bertz CT molecular complexity index is 782. The predicted octanol–water partition coefficient (Wildman–Crippen LogP) is 4.30. The number of aromatic hydroxyl groups is 2. The van der Waals surface area contributed by atoms with Gasteiger partial charge in [-0.2, -0.15) is 0 Å². The summed E-state index contributed by atoms with van der Waals surface area (Å²) in [6, 6.07) is 7.14. The Morgan fingerprint density at radius 3 is 2.60 bits per heavy atom. The molecule has 2 nitrogen and oxygen atoms in total. The smallest absolute Gasteiger partial charge is 0.123 e. The maximum Gasteiger partial charge on any atom is 0.123 e. The molecule has 2 aliphatic rings. The first-order chi connectivity index (χ1) is 9.75. The fraction of sp³-hybridized carbons (Fsp3) is 0.222. The number of hydrogen-bond acceptors (Lipinski definition) is 2. The summed E-state index contributed by atoms with van der Waals surface area (Å²) in [5, 5.41) is 21.8. The van der Waals surface area contributed by atoms with E-state index in [4.69, 9.17) is 0 Å². The molecular formula is C18H16O2. The molecule has 0 aromatic heterocycles. The summed E-state index contributed by atoms with van der Waals surface area (Å²) in [7, 11) is 0. The first-order valence-corrected chi connectivity index (χ1v) is 7.11. The van der Waals surface area contributed by atoms with Gasteiger partial charge in [0.2, 0.25) is 0 Å². The zero-order chi connectivity index (χ0) is 13.7. The van der Waals surface area contributed by atoms with E-state index in [1.54, 1.807) is 12.1 Å². The number of rotatable bonds is 0. The molecule has 2 N–H and O–H groups in total. The van der Waals surface area contributed by atoms with Crippen LogP contribution in [0.2, 0.25) is 0 Å². The summed E-state index contributed by atoms with van der Waals surface area (Å²) >= 11 is 0. The summed E-state index contributed by atoms with van der Waals surface area (Å²) in [6.07, 6.45) is 8.71. The van der Waals surface area contributed by atoms with Gasteiger partial charge in [0.1, 0.15) is 11.5 Å². The van der Waals surface area contributed by atoms with E-state index in [1.807, 2.05) is 6.07 Å². The van der Waals surface area contributed by atoms with Crippen molar-refractivity contribution in [1.29, 1.82) is 0 Å². The van der Waals surface area contributed by atoms with E-state index in [-0.39, 0.29) is 11.5 Å². The van der Waals surface area contributed by atoms with Gasteiger partial charge < -0.3 is 10.2 Å². The van der Waals surface area contributed by atoms with E-state index in [9.17, 15) is 10.2 Å². The summed E-state index contributed by atoms with van der Waals surface area (Å²) in [4.78, 5) is 0. The number of aryl methyl sites for hydroxylation is 1. The molecule has 100 valence electrons. The number of hydrogen-bond donors (Lipinski definition) is 2. The first-order valence-electron chi connectivity index (χ1n) is 7.11. The molecule has 0 unspecified atom stereocenters. The second-order valence-corrected chi connectivity index (χ2v) is 5.58. The van der Waals surface area contributed by atoms with Crippen LogP contribution in [0, 0.1) is 0 Å². The van der Waals surface area contributed by atoms with Gasteiger partial charge >= 0.3 is 0 Å². The molecule has 0 saturated carbocycles. The molecule has 0 spiro atoms. The van der Waals surface area contributed by atoms with Gasteiger partial charge in [0, 0.05) is 10.8 Å². The van der Waals surface area contributed by atoms with Crippen LogP contribution in [0.5, 0.6) is 11.5 Å². The predicted molar refractivity (Wildman–Crippen MR) is 80.9 cm³/mol. The molecule has 2 aliphatic carbocycles. The molecule has 2 heteroatoms. The van der Waals surface area contributed by atoms with Crippen LogP contribution in [0.1, 0.15) is 30.4 Å². The maximum atomic E-state index is 10.2. The average molecular weight is 264 g/mol. The van der Waals surface area contributed by atoms with Crippen molar-refractivity contribution in [2.45, 2.75) is 25.7 Å². The second-order valence-electron chi connectivity index (χ2n) is 5.58. The SMILES string of the molecule is Oc1ccc(O)c2c3c(ccc12)C1=C(CCC=C1)CC3. The van der Waals surface area contributed by atoms with Gasteiger partial charge in [-0.05, 0) is 60.6 Å². The Kier molecular flexibility index (Phi) is 2.40. The molecule has 0 atom stereocenters. The topological polar surface area (TPSA) is 40.5 Å². The highest BCUT2D eigenvalue weighted by molar-refractivity contribution is 6.00. The second kappa shape index (κ2) is 4.14. The van der Waals surface area contributed by atoms with Gasteiger partial charge in [-0.1, -0.05) is 23.8 Å². The summed E-state index contributed by atoms with van der Waals surface area (Å²) in [5.41, 5.74) is 5.23. The molecule has 0 radical (unpaired) electrons. The summed E-state index contributed by atoms with van der Waals surface area (Å²) in [5.74, 6) is 0.498. The van der Waals surface area contributed by atoms with Crippen molar-refractivity contribution in [3.8, 4) is 11.5 Å². The van der Waals surface area contributed by atoms with Crippen molar-refractivity contribution in [2.75, 3.05) is 0 Å². The van der Waals surface area contributed by atoms with Crippen LogP contribution >= 0.6 is 0 Å². The summed E-state index contributed by atoms with van der Waals surface area (Å²) in [6.45, 7) is 0. The minimum absolute atomic E-state index is 0.236. The molecular weight excluding hydrogens is 248 g/mol. The van der Waals surface area contributed by atoms with E-state index >= 15 is 0 Å². The van der Waals surface area contributed by atoms with Crippen LogP contribution in [-0.4, -0.2) is 10.2 Å². The lowest BCUT2D eigenvalue weighted by atomic mass is 9.79. The average Bonchev–Trinajstić information content (AvgIpc) is 2.50. The zero-order valence-electron chi connectivity index (χ0n) is 11.2. The van der Waals surface area contributed by atoms with Crippen LogP contribution in [-0.2, 0) is 6.42 Å². The Hall–Kier alpha value is -2.22. The largest absolute Gasteiger partial charge is 0.507 e. The third-order valence-electron chi connectivity index (χ3n) is 4.49. The van der Waals surface area contributed by atoms with Crippen molar-refractivity contribution in [1.82, 2.24) is 0 Å². The Morgan fingerprint density at radius 1 is 0.850 bits per heavy atom. The van der Waals surface area contributed by atoms with Gasteiger partial charge in [0.25, 0.3) is 0 Å². The van der Waals surface area contributed by atoms with Gasteiger partial charge in [-0.15, -0.1) is 0 Å². The van der Waals surface area contributed by atoms with Crippen molar-refractivity contribution in [3.63, 3.8) is 0 Å². The first kappa shape index (κ1) is 11.6. The highest BCUT2D eigenvalue weighted by atomic mass is 16.3. The fourth-order valence-electron chi connectivity index (χ4n) is 3.52. The molecule has 0 fully saturated rings. The molecule has 4 rings (SSSR count). The van der Waals surface area contributed by atoms with Gasteiger partial charge in [0.05, 0.1) is 0 Å². The maximum absolute atomic E-state index is 10.2. The Morgan fingerprint density at radius 2 is 1.70 bits per heavy atom. The minimum Gasteiger partial charge on any atom is -0.507 e. The quantitative estimate of drug-likeness (QED) is 0.696. The molecule has 2 aromatic rings. The van der Waals surface area contributed by atoms with Crippen molar-refractivity contribution >= 4 is 16.3 Å². The standard InChI is InChI=1S/C18H16O2/c19-16-9-10-17(20)18-14-6-5-11-3-1-2-4-12(11)13(14)7-8-15(16)18/h2,4,7-10,19-20H,1,3,5-6H2. The molecule has 0 aliphatic heterocycles. The molecule has 2 aromatic carbocycles. The molecule has 0 amide bonds. The van der Waals surface area contributed by atoms with Crippen molar-refractivity contribution in [2.24, 2.45) is 0 Å². The van der Waals surface area contributed by atoms with E-state index in [0.717, 1.165) is 36.5 Å². The van der Waals surface area contributed by atoms with E-state index < -0.39 is 0 Å². The Balaban J connectivity index is 2.07. The Labute approximate surface area is 117 Å².